The highest BCUT2D eigenvalue weighted by Gasteiger charge is 2.15. The number of fused-ring (bicyclic) bond motifs is 1. The normalized spacial score (nSPS) is 16.1. The molecule has 0 spiro atoms. The van der Waals surface area contributed by atoms with Crippen molar-refractivity contribution in [2.24, 2.45) is 5.73 Å². The SMILES string of the molecule is CC(N)C(=O)NCc1cc2c(s1)CCC2. The summed E-state index contributed by atoms with van der Waals surface area (Å²) in [6, 6.07) is 1.80. The van der Waals surface area contributed by atoms with Crippen molar-refractivity contribution < 1.29 is 4.79 Å². The number of nitrogens with two attached hydrogens (primary N) is 1. The second kappa shape index (κ2) is 4.33. The predicted octanol–water partition coefficient (Wildman–Crippen LogP) is 1.20. The van der Waals surface area contributed by atoms with Crippen LogP contribution in [0.25, 0.3) is 0 Å². The van der Waals surface area contributed by atoms with Gasteiger partial charge in [-0.25, -0.2) is 0 Å². The summed E-state index contributed by atoms with van der Waals surface area (Å²) in [4.78, 5) is 14.0. The van der Waals surface area contributed by atoms with Gasteiger partial charge in [0.25, 0.3) is 0 Å². The largest absolute Gasteiger partial charge is 0.350 e. The van der Waals surface area contributed by atoms with Gasteiger partial charge in [0, 0.05) is 9.75 Å². The number of amides is 1. The van der Waals surface area contributed by atoms with Gasteiger partial charge in [0.05, 0.1) is 12.6 Å². The maximum atomic E-state index is 11.3. The summed E-state index contributed by atoms with van der Waals surface area (Å²) < 4.78 is 0. The van der Waals surface area contributed by atoms with Gasteiger partial charge in [-0.2, -0.15) is 0 Å². The van der Waals surface area contributed by atoms with E-state index in [0.717, 1.165) is 0 Å². The zero-order valence-electron chi connectivity index (χ0n) is 8.88. The number of rotatable bonds is 3. The second-order valence-corrected chi connectivity index (χ2v) is 5.24. The highest BCUT2D eigenvalue weighted by Crippen LogP contribution is 2.30. The van der Waals surface area contributed by atoms with Gasteiger partial charge in [-0.3, -0.25) is 4.79 Å². The van der Waals surface area contributed by atoms with Crippen LogP contribution in [0.5, 0.6) is 0 Å². The van der Waals surface area contributed by atoms with Crippen LogP contribution in [0.15, 0.2) is 6.07 Å². The standard InChI is InChI=1S/C11H16N2OS/c1-7(12)11(14)13-6-9-5-8-3-2-4-10(8)15-9/h5,7H,2-4,6,12H2,1H3,(H,13,14). The Morgan fingerprint density at radius 3 is 3.13 bits per heavy atom. The van der Waals surface area contributed by atoms with Crippen LogP contribution in [-0.2, 0) is 24.2 Å². The fraction of sp³-hybridized carbons (Fsp3) is 0.545. The smallest absolute Gasteiger partial charge is 0.236 e. The van der Waals surface area contributed by atoms with E-state index in [1.807, 2.05) is 11.3 Å². The summed E-state index contributed by atoms with van der Waals surface area (Å²) in [5.41, 5.74) is 6.94. The molecule has 4 heteroatoms. The zero-order valence-corrected chi connectivity index (χ0v) is 9.69. The summed E-state index contributed by atoms with van der Waals surface area (Å²) in [6.45, 7) is 2.32. The van der Waals surface area contributed by atoms with E-state index >= 15 is 0 Å². The Morgan fingerprint density at radius 1 is 1.67 bits per heavy atom. The van der Waals surface area contributed by atoms with Crippen LogP contribution in [0.1, 0.15) is 28.7 Å². The highest BCUT2D eigenvalue weighted by molar-refractivity contribution is 7.12. The number of hydrogen-bond donors (Lipinski definition) is 2. The molecule has 15 heavy (non-hydrogen) atoms. The van der Waals surface area contributed by atoms with E-state index in [0.29, 0.717) is 6.54 Å². The Labute approximate surface area is 93.7 Å². The first-order chi connectivity index (χ1) is 7.16. The number of aryl methyl sites for hydroxylation is 2. The molecule has 0 bridgehead atoms. The zero-order chi connectivity index (χ0) is 10.8. The van der Waals surface area contributed by atoms with Crippen LogP contribution in [0, 0.1) is 0 Å². The van der Waals surface area contributed by atoms with Gasteiger partial charge < -0.3 is 11.1 Å². The summed E-state index contributed by atoms with van der Waals surface area (Å²) in [7, 11) is 0. The molecular formula is C11H16N2OS. The van der Waals surface area contributed by atoms with Gasteiger partial charge in [0.2, 0.25) is 5.91 Å². The molecule has 1 aliphatic rings. The lowest BCUT2D eigenvalue weighted by molar-refractivity contribution is -0.122. The monoisotopic (exact) mass is 224 g/mol. The molecule has 0 aliphatic heterocycles. The van der Waals surface area contributed by atoms with Gasteiger partial charge in [-0.1, -0.05) is 0 Å². The first kappa shape index (κ1) is 10.6. The fourth-order valence-corrected chi connectivity index (χ4v) is 3.01. The molecule has 2 rings (SSSR count). The van der Waals surface area contributed by atoms with E-state index in [9.17, 15) is 4.79 Å². The van der Waals surface area contributed by atoms with Crippen molar-refractivity contribution in [1.29, 1.82) is 0 Å². The molecule has 0 saturated heterocycles. The molecule has 0 fully saturated rings. The molecule has 1 aromatic heterocycles. The fourth-order valence-electron chi connectivity index (χ4n) is 1.81. The van der Waals surface area contributed by atoms with E-state index in [1.165, 1.54) is 34.6 Å². The molecule has 0 saturated carbocycles. The second-order valence-electron chi connectivity index (χ2n) is 4.02. The molecule has 1 atom stereocenters. The van der Waals surface area contributed by atoms with Gasteiger partial charge in [-0.05, 0) is 37.8 Å². The van der Waals surface area contributed by atoms with E-state index < -0.39 is 6.04 Å². The van der Waals surface area contributed by atoms with Crippen LogP contribution in [0.4, 0.5) is 0 Å². The van der Waals surface area contributed by atoms with Gasteiger partial charge in [0.15, 0.2) is 0 Å². The van der Waals surface area contributed by atoms with Crippen LogP contribution >= 0.6 is 11.3 Å². The molecule has 82 valence electrons. The van der Waals surface area contributed by atoms with Crippen molar-refractivity contribution in [3.05, 3.63) is 21.4 Å². The van der Waals surface area contributed by atoms with Crippen molar-refractivity contribution in [2.75, 3.05) is 0 Å². The molecule has 3 nitrogen and oxygen atoms in total. The lowest BCUT2D eigenvalue weighted by atomic mass is 10.2. The first-order valence-corrected chi connectivity index (χ1v) is 6.12. The van der Waals surface area contributed by atoms with Gasteiger partial charge >= 0.3 is 0 Å². The third-order valence-electron chi connectivity index (χ3n) is 2.65. The summed E-state index contributed by atoms with van der Waals surface area (Å²) in [5, 5.41) is 2.83. The van der Waals surface area contributed by atoms with Crippen molar-refractivity contribution in [3.63, 3.8) is 0 Å². The third-order valence-corrected chi connectivity index (χ3v) is 3.89. The summed E-state index contributed by atoms with van der Waals surface area (Å²) in [6.07, 6.45) is 3.70. The van der Waals surface area contributed by atoms with E-state index in [1.54, 1.807) is 6.92 Å². The Bertz CT molecular complexity index is 349. The van der Waals surface area contributed by atoms with Crippen LogP contribution in [0.2, 0.25) is 0 Å². The number of thiophene rings is 1. The lowest BCUT2D eigenvalue weighted by Gasteiger charge is -2.05. The molecule has 1 aromatic rings. The van der Waals surface area contributed by atoms with E-state index in [-0.39, 0.29) is 5.91 Å². The molecule has 1 unspecified atom stereocenters. The topological polar surface area (TPSA) is 55.1 Å². The maximum absolute atomic E-state index is 11.3. The van der Waals surface area contributed by atoms with Crippen LogP contribution in [0.3, 0.4) is 0 Å². The van der Waals surface area contributed by atoms with Crippen molar-refractivity contribution in [1.82, 2.24) is 5.32 Å². The van der Waals surface area contributed by atoms with E-state index in [2.05, 4.69) is 11.4 Å². The van der Waals surface area contributed by atoms with Gasteiger partial charge in [0.1, 0.15) is 0 Å². The van der Waals surface area contributed by atoms with Gasteiger partial charge in [-0.15, -0.1) is 11.3 Å². The molecule has 1 heterocycles. The maximum Gasteiger partial charge on any atom is 0.236 e. The number of hydrogen-bond acceptors (Lipinski definition) is 3. The average Bonchev–Trinajstić information content (AvgIpc) is 2.72. The Balaban J connectivity index is 1.92. The summed E-state index contributed by atoms with van der Waals surface area (Å²) >= 11 is 1.82. The average molecular weight is 224 g/mol. The molecular weight excluding hydrogens is 208 g/mol. The Kier molecular flexibility index (Phi) is 3.07. The highest BCUT2D eigenvalue weighted by atomic mass is 32.1. The lowest BCUT2D eigenvalue weighted by Crippen LogP contribution is -2.37. The molecule has 0 radical (unpaired) electrons. The van der Waals surface area contributed by atoms with E-state index in [4.69, 9.17) is 5.73 Å². The quantitative estimate of drug-likeness (QED) is 0.810. The van der Waals surface area contributed by atoms with Crippen LogP contribution in [-0.4, -0.2) is 11.9 Å². The Morgan fingerprint density at radius 2 is 2.47 bits per heavy atom. The number of carbonyl (C=O) groups is 1. The first-order valence-electron chi connectivity index (χ1n) is 5.30. The van der Waals surface area contributed by atoms with Crippen molar-refractivity contribution in [3.8, 4) is 0 Å². The predicted molar refractivity (Wildman–Crippen MR) is 61.8 cm³/mol. The number of carbonyl (C=O) groups excluding carboxylic acids is 1. The molecule has 3 N–H and O–H groups in total. The molecule has 0 aromatic carbocycles. The minimum Gasteiger partial charge on any atom is -0.350 e. The van der Waals surface area contributed by atoms with Crippen molar-refractivity contribution >= 4 is 17.2 Å². The molecule has 1 amide bonds. The van der Waals surface area contributed by atoms with Crippen LogP contribution < -0.4 is 11.1 Å². The Hall–Kier alpha value is -0.870. The third kappa shape index (κ3) is 2.38. The van der Waals surface area contributed by atoms with Crippen molar-refractivity contribution in [2.45, 2.75) is 38.8 Å². The summed E-state index contributed by atoms with van der Waals surface area (Å²) in [5.74, 6) is -0.0800. The number of nitrogens with one attached hydrogen (secondary N) is 1. The minimum absolute atomic E-state index is 0.0800. The molecule has 1 aliphatic carbocycles. The minimum atomic E-state index is -0.420.